The van der Waals surface area contributed by atoms with Gasteiger partial charge in [0, 0.05) is 0 Å². The van der Waals surface area contributed by atoms with E-state index in [1.54, 1.807) is 0 Å². The molecule has 8 heavy (non-hydrogen) atoms. The summed E-state index contributed by atoms with van der Waals surface area (Å²) in [6, 6.07) is 0. The molecule has 0 heterocycles. The average Bonchev–Trinajstić information content (AvgIpc) is 1.81. The van der Waals surface area contributed by atoms with Crippen LogP contribution in [0.4, 0.5) is 4.39 Å². The Balaban J connectivity index is 2.53. The molecule has 0 radical (unpaired) electrons. The third kappa shape index (κ3) is 6.93. The van der Waals surface area contributed by atoms with Crippen LogP contribution < -0.4 is 0 Å². The molecule has 0 fully saturated rings. The van der Waals surface area contributed by atoms with E-state index >= 15 is 0 Å². The second-order valence-corrected chi connectivity index (χ2v) is 3.10. The molecule has 0 unspecified atom stereocenters. The van der Waals surface area contributed by atoms with Crippen LogP contribution in [0.2, 0.25) is 3.67 Å². The van der Waals surface area contributed by atoms with Gasteiger partial charge in [0.25, 0.3) is 0 Å². The van der Waals surface area contributed by atoms with Crippen LogP contribution in [0, 0.1) is 0 Å². The Labute approximate surface area is 68.3 Å². The molecule has 0 bridgehead atoms. The minimum absolute atomic E-state index is 0.124. The molecule has 0 amide bonds. The van der Waals surface area contributed by atoms with Crippen LogP contribution in [0.1, 0.15) is 25.7 Å². The van der Waals surface area contributed by atoms with Gasteiger partial charge in [0.15, 0.2) is 0 Å². The van der Waals surface area contributed by atoms with Crippen LogP contribution in [-0.4, -0.2) is 34.6 Å². The summed E-state index contributed by atoms with van der Waals surface area (Å²) in [5.41, 5.74) is 0. The third-order valence-electron chi connectivity index (χ3n) is 1.24. The van der Waals surface area contributed by atoms with E-state index in [0.717, 1.165) is 12.8 Å². The summed E-state index contributed by atoms with van der Waals surface area (Å²) in [5, 5.41) is 0. The van der Waals surface area contributed by atoms with Crippen LogP contribution >= 0.6 is 0 Å². The van der Waals surface area contributed by atoms with E-state index in [4.69, 9.17) is 0 Å². The SMILES string of the molecule is FCCCCC[CH2][Na]. The fraction of sp³-hybridized carbons (Fsp3) is 1.00. The molecule has 0 nitrogen and oxygen atoms in total. The zero-order valence-corrected chi connectivity index (χ0v) is 7.62. The number of rotatable bonds is 5. The van der Waals surface area contributed by atoms with Crippen LogP contribution in [0.3, 0.4) is 0 Å². The summed E-state index contributed by atoms with van der Waals surface area (Å²) in [6.07, 6.45) is 4.44. The van der Waals surface area contributed by atoms with Crippen LogP contribution in [-0.2, 0) is 0 Å². The molecule has 0 aromatic heterocycles. The zero-order chi connectivity index (χ0) is 6.24. The van der Waals surface area contributed by atoms with Crippen molar-refractivity contribution in [3.8, 4) is 0 Å². The number of unbranched alkanes of at least 4 members (excludes halogenated alkanes) is 3. The van der Waals surface area contributed by atoms with Crippen molar-refractivity contribution < 1.29 is 4.39 Å². The first kappa shape index (κ1) is 8.93. The second kappa shape index (κ2) is 7.93. The Hall–Kier alpha value is 0.930. The summed E-state index contributed by atoms with van der Waals surface area (Å²) in [7, 11) is 0. The van der Waals surface area contributed by atoms with Crippen LogP contribution in [0.25, 0.3) is 0 Å². The summed E-state index contributed by atoms with van der Waals surface area (Å²) in [5.74, 6) is 0. The Kier molecular flexibility index (Phi) is 8.85. The van der Waals surface area contributed by atoms with Crippen molar-refractivity contribution in [3.63, 3.8) is 0 Å². The fourth-order valence-electron chi connectivity index (χ4n) is 0.698. The monoisotopic (exact) mass is 126 g/mol. The molecule has 0 saturated carbocycles. The Morgan fingerprint density at radius 2 is 1.62 bits per heavy atom. The molecule has 0 N–H and O–H groups in total. The van der Waals surface area contributed by atoms with E-state index in [9.17, 15) is 4.39 Å². The molecule has 0 aliphatic carbocycles. The maximum atomic E-state index is 11.4. The third-order valence-corrected chi connectivity index (χ3v) is 1.94. The Morgan fingerprint density at radius 3 is 2.12 bits per heavy atom. The Morgan fingerprint density at radius 1 is 1.00 bits per heavy atom. The molecule has 0 saturated heterocycles. The topological polar surface area (TPSA) is 0 Å². The van der Waals surface area contributed by atoms with E-state index < -0.39 is 0 Å². The molecule has 0 atom stereocenters. The summed E-state index contributed by atoms with van der Waals surface area (Å²) < 4.78 is 12.8. The molecule has 0 spiro atoms. The molecule has 44 valence electrons. The normalized spacial score (nSPS) is 9.88. The van der Waals surface area contributed by atoms with Gasteiger partial charge in [-0.2, -0.15) is 0 Å². The molecule has 0 rings (SSSR count). The number of hydrogen-bond donors (Lipinski definition) is 0. The fourth-order valence-corrected chi connectivity index (χ4v) is 1.20. The van der Waals surface area contributed by atoms with E-state index in [-0.39, 0.29) is 6.67 Å². The van der Waals surface area contributed by atoms with Gasteiger partial charge in [-0.1, -0.05) is 0 Å². The van der Waals surface area contributed by atoms with Crippen LogP contribution in [0.5, 0.6) is 0 Å². The van der Waals surface area contributed by atoms with Gasteiger partial charge in [-0.25, -0.2) is 0 Å². The molecule has 0 aromatic rings. The van der Waals surface area contributed by atoms with Crippen molar-refractivity contribution in [1.29, 1.82) is 0 Å². The summed E-state index contributed by atoms with van der Waals surface area (Å²) >= 11 is 1.31. The van der Waals surface area contributed by atoms with E-state index in [2.05, 4.69) is 0 Å². The van der Waals surface area contributed by atoms with Gasteiger partial charge in [0.05, 0.1) is 0 Å². The number of halogens is 1. The van der Waals surface area contributed by atoms with E-state index in [1.807, 2.05) is 0 Å². The van der Waals surface area contributed by atoms with Crippen molar-refractivity contribution in [2.45, 2.75) is 29.4 Å². The molecule has 0 aliphatic rings. The molecule has 2 heteroatoms. The second-order valence-electron chi connectivity index (χ2n) is 2.10. The average molecular weight is 126 g/mol. The first-order valence-corrected chi connectivity index (χ1v) is 4.89. The van der Waals surface area contributed by atoms with Crippen molar-refractivity contribution in [2.75, 3.05) is 6.67 Å². The van der Waals surface area contributed by atoms with E-state index in [0.29, 0.717) is 0 Å². The van der Waals surface area contributed by atoms with Crippen molar-refractivity contribution in [3.05, 3.63) is 0 Å². The first-order chi connectivity index (χ1) is 3.91. The van der Waals surface area contributed by atoms with Gasteiger partial charge >= 0.3 is 68.3 Å². The molecular weight excluding hydrogens is 114 g/mol. The Bertz CT molecular complexity index is 33.5. The maximum absolute atomic E-state index is 11.4. The van der Waals surface area contributed by atoms with Gasteiger partial charge in [-0.3, -0.25) is 0 Å². The predicted octanol–water partition coefficient (Wildman–Crippen LogP) is 2.10. The van der Waals surface area contributed by atoms with Gasteiger partial charge in [-0.05, 0) is 0 Å². The molecule has 0 aromatic carbocycles. The van der Waals surface area contributed by atoms with Gasteiger partial charge < -0.3 is 0 Å². The standard InChI is InChI=1S/C6H12F.Na/c1-2-3-4-5-6-7;/h1-6H2;. The minimum atomic E-state index is -0.124. The summed E-state index contributed by atoms with van der Waals surface area (Å²) in [4.78, 5) is 0. The first-order valence-electron chi connectivity index (χ1n) is 3.47. The number of alkyl halides is 1. The molecular formula is C6H12FNa. The quantitative estimate of drug-likeness (QED) is 0.391. The van der Waals surface area contributed by atoms with Gasteiger partial charge in [0.1, 0.15) is 0 Å². The number of hydrogen-bond acceptors (Lipinski definition) is 0. The van der Waals surface area contributed by atoms with Crippen LogP contribution in [0.15, 0.2) is 0 Å². The zero-order valence-electron chi connectivity index (χ0n) is 5.62. The van der Waals surface area contributed by atoms with Crippen molar-refractivity contribution in [2.24, 2.45) is 0 Å². The summed E-state index contributed by atoms with van der Waals surface area (Å²) in [6.45, 7) is -0.124. The van der Waals surface area contributed by atoms with Crippen molar-refractivity contribution >= 4 is 27.9 Å². The molecule has 0 aliphatic heterocycles. The van der Waals surface area contributed by atoms with Gasteiger partial charge in [0.2, 0.25) is 0 Å². The van der Waals surface area contributed by atoms with E-state index in [1.165, 1.54) is 44.4 Å². The van der Waals surface area contributed by atoms with Crippen molar-refractivity contribution in [1.82, 2.24) is 0 Å². The van der Waals surface area contributed by atoms with Gasteiger partial charge in [-0.15, -0.1) is 0 Å². The predicted molar refractivity (Wildman–Crippen MR) is 35.0 cm³/mol.